The summed E-state index contributed by atoms with van der Waals surface area (Å²) in [5.41, 5.74) is 0. The Morgan fingerprint density at radius 3 is 1.90 bits per heavy atom. The van der Waals surface area contributed by atoms with Gasteiger partial charge in [0.1, 0.15) is 0 Å². The van der Waals surface area contributed by atoms with Gasteiger partial charge in [-0.2, -0.15) is 0 Å². The zero-order valence-electron chi connectivity index (χ0n) is 5.90. The third kappa shape index (κ3) is 2.05. The summed E-state index contributed by atoms with van der Waals surface area (Å²) in [6.07, 6.45) is 5.97. The van der Waals surface area contributed by atoms with E-state index in [0.29, 0.717) is 0 Å². The standard InChI is InChI=1S/C8H15N.K.H/c1-2-4-8-6-9-5-7(8)3-1;;/h7-9H,1-6H2;;. The molecular formula is C8H16KN. The first-order chi connectivity index (χ1) is 4.47. The summed E-state index contributed by atoms with van der Waals surface area (Å²) in [5, 5.41) is 3.46. The summed E-state index contributed by atoms with van der Waals surface area (Å²) in [6.45, 7) is 2.62. The summed E-state index contributed by atoms with van der Waals surface area (Å²) >= 11 is 0. The number of hydrogen-bond donors (Lipinski definition) is 1. The molecule has 0 aromatic rings. The van der Waals surface area contributed by atoms with Crippen LogP contribution in [0.5, 0.6) is 0 Å². The second kappa shape index (κ2) is 4.58. The van der Waals surface area contributed by atoms with E-state index >= 15 is 0 Å². The summed E-state index contributed by atoms with van der Waals surface area (Å²) in [4.78, 5) is 0. The molecule has 1 N–H and O–H groups in total. The van der Waals surface area contributed by atoms with Crippen LogP contribution in [0.4, 0.5) is 0 Å². The molecule has 1 aliphatic heterocycles. The van der Waals surface area contributed by atoms with Crippen LogP contribution in [0.25, 0.3) is 0 Å². The van der Waals surface area contributed by atoms with Gasteiger partial charge in [-0.3, -0.25) is 0 Å². The Labute approximate surface area is 106 Å². The predicted octanol–water partition coefficient (Wildman–Crippen LogP) is 0.747. The molecule has 54 valence electrons. The minimum absolute atomic E-state index is 0. The van der Waals surface area contributed by atoms with Crippen molar-refractivity contribution in [2.24, 2.45) is 11.8 Å². The fraction of sp³-hybridized carbons (Fsp3) is 1.00. The van der Waals surface area contributed by atoms with Gasteiger partial charge < -0.3 is 5.32 Å². The number of hydrogen-bond acceptors (Lipinski definition) is 1. The third-order valence-electron chi connectivity index (χ3n) is 2.88. The van der Waals surface area contributed by atoms with E-state index in [-0.39, 0.29) is 51.4 Å². The Morgan fingerprint density at radius 1 is 0.900 bits per heavy atom. The normalized spacial score (nSPS) is 38.4. The summed E-state index contributed by atoms with van der Waals surface area (Å²) in [5.74, 6) is 2.11. The van der Waals surface area contributed by atoms with Crippen molar-refractivity contribution in [1.29, 1.82) is 0 Å². The van der Waals surface area contributed by atoms with Crippen LogP contribution in [0.15, 0.2) is 0 Å². The zero-order chi connectivity index (χ0) is 6.10. The number of nitrogens with one attached hydrogen (secondary N) is 1. The Kier molecular flexibility index (Phi) is 4.43. The van der Waals surface area contributed by atoms with E-state index in [9.17, 15) is 0 Å². The molecule has 0 amide bonds. The van der Waals surface area contributed by atoms with Gasteiger partial charge in [0.25, 0.3) is 0 Å². The quantitative estimate of drug-likeness (QED) is 0.522. The molecule has 2 heteroatoms. The van der Waals surface area contributed by atoms with Crippen LogP contribution in [-0.2, 0) is 0 Å². The fourth-order valence-corrected chi connectivity index (χ4v) is 2.28. The van der Waals surface area contributed by atoms with E-state index in [1.807, 2.05) is 0 Å². The molecule has 2 fully saturated rings. The molecule has 1 heterocycles. The molecule has 1 saturated carbocycles. The molecule has 2 unspecified atom stereocenters. The van der Waals surface area contributed by atoms with Crippen molar-refractivity contribution < 1.29 is 0 Å². The maximum absolute atomic E-state index is 3.46. The second-order valence-corrected chi connectivity index (χ2v) is 3.46. The van der Waals surface area contributed by atoms with Gasteiger partial charge >= 0.3 is 51.4 Å². The van der Waals surface area contributed by atoms with Crippen molar-refractivity contribution >= 4 is 51.4 Å². The van der Waals surface area contributed by atoms with E-state index in [4.69, 9.17) is 0 Å². The molecule has 0 aromatic carbocycles. The minimum atomic E-state index is 0. The van der Waals surface area contributed by atoms with E-state index in [1.165, 1.54) is 38.8 Å². The Morgan fingerprint density at radius 2 is 1.40 bits per heavy atom. The van der Waals surface area contributed by atoms with Gasteiger partial charge in [0, 0.05) is 0 Å². The van der Waals surface area contributed by atoms with Gasteiger partial charge in [0.15, 0.2) is 0 Å². The maximum atomic E-state index is 3.46. The van der Waals surface area contributed by atoms with Gasteiger partial charge in [-0.1, -0.05) is 12.8 Å². The second-order valence-electron chi connectivity index (χ2n) is 3.46. The molecule has 10 heavy (non-hydrogen) atoms. The van der Waals surface area contributed by atoms with Crippen LogP contribution in [-0.4, -0.2) is 64.5 Å². The molecule has 2 aliphatic rings. The molecule has 2 rings (SSSR count). The molecule has 0 spiro atoms. The molecular weight excluding hydrogens is 149 g/mol. The average Bonchev–Trinajstić information content (AvgIpc) is 2.33. The van der Waals surface area contributed by atoms with E-state index in [0.717, 1.165) is 11.8 Å². The summed E-state index contributed by atoms with van der Waals surface area (Å²) < 4.78 is 0. The van der Waals surface area contributed by atoms with Crippen LogP contribution in [0.2, 0.25) is 0 Å². The topological polar surface area (TPSA) is 12.0 Å². The Balaban J connectivity index is 0.000000500. The van der Waals surface area contributed by atoms with Crippen molar-refractivity contribution in [3.05, 3.63) is 0 Å². The van der Waals surface area contributed by atoms with Crippen molar-refractivity contribution in [2.45, 2.75) is 25.7 Å². The molecule has 1 aliphatic carbocycles. The summed E-state index contributed by atoms with van der Waals surface area (Å²) in [7, 11) is 0. The van der Waals surface area contributed by atoms with Crippen LogP contribution >= 0.6 is 0 Å². The van der Waals surface area contributed by atoms with Crippen molar-refractivity contribution in [1.82, 2.24) is 5.32 Å². The average molecular weight is 165 g/mol. The monoisotopic (exact) mass is 165 g/mol. The first kappa shape index (κ1) is 9.68. The molecule has 0 aromatic heterocycles. The molecule has 0 bridgehead atoms. The third-order valence-corrected chi connectivity index (χ3v) is 2.88. The van der Waals surface area contributed by atoms with Gasteiger partial charge in [-0.15, -0.1) is 0 Å². The number of rotatable bonds is 0. The summed E-state index contributed by atoms with van der Waals surface area (Å²) in [6, 6.07) is 0. The van der Waals surface area contributed by atoms with Crippen molar-refractivity contribution in [2.75, 3.05) is 13.1 Å². The molecule has 1 nitrogen and oxygen atoms in total. The van der Waals surface area contributed by atoms with Gasteiger partial charge in [-0.25, -0.2) is 0 Å². The van der Waals surface area contributed by atoms with E-state index in [2.05, 4.69) is 5.32 Å². The van der Waals surface area contributed by atoms with Crippen LogP contribution in [0.3, 0.4) is 0 Å². The van der Waals surface area contributed by atoms with Crippen molar-refractivity contribution in [3.8, 4) is 0 Å². The van der Waals surface area contributed by atoms with Gasteiger partial charge in [0.05, 0.1) is 0 Å². The van der Waals surface area contributed by atoms with E-state index in [1.54, 1.807) is 0 Å². The van der Waals surface area contributed by atoms with Crippen LogP contribution in [0.1, 0.15) is 25.7 Å². The van der Waals surface area contributed by atoms with Gasteiger partial charge in [0.2, 0.25) is 0 Å². The van der Waals surface area contributed by atoms with Crippen LogP contribution < -0.4 is 5.32 Å². The molecule has 1 saturated heterocycles. The Hall–Kier alpha value is 1.60. The Bertz CT molecular complexity index is 93.4. The van der Waals surface area contributed by atoms with Crippen molar-refractivity contribution in [3.63, 3.8) is 0 Å². The van der Waals surface area contributed by atoms with Crippen LogP contribution in [0, 0.1) is 11.8 Å². The SMILES string of the molecule is C1CCC2CNCC2C1.[KH]. The fourth-order valence-electron chi connectivity index (χ4n) is 2.28. The zero-order valence-corrected chi connectivity index (χ0v) is 5.90. The van der Waals surface area contributed by atoms with E-state index < -0.39 is 0 Å². The first-order valence-electron chi connectivity index (χ1n) is 4.17. The predicted molar refractivity (Wildman–Crippen MR) is 45.5 cm³/mol. The molecule has 2 atom stereocenters. The van der Waals surface area contributed by atoms with Gasteiger partial charge in [-0.05, 0) is 37.8 Å². The number of fused-ring (bicyclic) bond motifs is 1. The molecule has 0 radical (unpaired) electrons. The first-order valence-corrected chi connectivity index (χ1v) is 4.17.